The number of methoxy groups -OCH3 is 3. The van der Waals surface area contributed by atoms with Gasteiger partial charge in [0.2, 0.25) is 5.75 Å². The van der Waals surface area contributed by atoms with Gasteiger partial charge in [0.05, 0.1) is 52.0 Å². The SMILES string of the molecule is CCCOc1c(O)cc([C@@H]2CC[C@@H](c3cc(OC)c(OC)c(OC)c3)O2)cc1S(=O)(=O)C[C@H](C)O. The summed E-state index contributed by atoms with van der Waals surface area (Å²) < 4.78 is 54.1. The monoisotopic (exact) mass is 510 g/mol. The van der Waals surface area contributed by atoms with Crippen molar-refractivity contribution in [3.05, 3.63) is 35.4 Å². The Labute approximate surface area is 206 Å². The van der Waals surface area contributed by atoms with Gasteiger partial charge in [-0.25, -0.2) is 8.42 Å². The third-order valence-corrected chi connectivity index (χ3v) is 7.65. The van der Waals surface area contributed by atoms with Gasteiger partial charge in [-0.1, -0.05) is 6.92 Å². The van der Waals surface area contributed by atoms with Crippen LogP contribution in [0.3, 0.4) is 0 Å². The molecule has 194 valence electrons. The minimum atomic E-state index is -3.92. The fraction of sp³-hybridized carbons (Fsp3) is 0.520. The molecule has 35 heavy (non-hydrogen) atoms. The molecule has 3 atom stereocenters. The van der Waals surface area contributed by atoms with Crippen LogP contribution in [0.5, 0.6) is 28.7 Å². The van der Waals surface area contributed by atoms with Gasteiger partial charge in [0.15, 0.2) is 32.8 Å². The van der Waals surface area contributed by atoms with E-state index in [4.69, 9.17) is 23.7 Å². The number of aromatic hydroxyl groups is 1. The lowest BCUT2D eigenvalue weighted by atomic mass is 10.0. The summed E-state index contributed by atoms with van der Waals surface area (Å²) >= 11 is 0. The minimum Gasteiger partial charge on any atom is -0.504 e. The molecule has 10 heteroatoms. The highest BCUT2D eigenvalue weighted by Gasteiger charge is 2.32. The van der Waals surface area contributed by atoms with Gasteiger partial charge in [-0.15, -0.1) is 0 Å². The second-order valence-corrected chi connectivity index (χ2v) is 10.5. The maximum absolute atomic E-state index is 13.0. The number of rotatable bonds is 11. The number of sulfone groups is 1. The zero-order chi connectivity index (χ0) is 25.8. The highest BCUT2D eigenvalue weighted by atomic mass is 32.2. The van der Waals surface area contributed by atoms with Crippen LogP contribution in [0.1, 0.15) is 56.4 Å². The highest BCUT2D eigenvalue weighted by molar-refractivity contribution is 7.91. The Bertz CT molecular complexity index is 1100. The lowest BCUT2D eigenvalue weighted by Crippen LogP contribution is -2.19. The molecule has 1 aliphatic rings. The van der Waals surface area contributed by atoms with Crippen molar-refractivity contribution in [1.82, 2.24) is 0 Å². The van der Waals surface area contributed by atoms with Gasteiger partial charge in [-0.05, 0) is 61.6 Å². The molecular formula is C25H34O9S. The number of phenols is 1. The molecule has 1 aliphatic heterocycles. The van der Waals surface area contributed by atoms with E-state index >= 15 is 0 Å². The fourth-order valence-electron chi connectivity index (χ4n) is 4.20. The Hall–Kier alpha value is -2.69. The van der Waals surface area contributed by atoms with E-state index in [9.17, 15) is 18.6 Å². The van der Waals surface area contributed by atoms with Crippen LogP contribution < -0.4 is 18.9 Å². The standard InChI is InChI=1S/C25H34O9S/c1-6-9-33-24-18(27)10-16(13-23(24)35(28,29)14-15(2)26)19-7-8-20(34-19)17-11-21(30-3)25(32-5)22(12-17)31-4/h10-13,15,19-20,26-27H,6-9,14H2,1-5H3/t15-,19-,20-/m0/s1. The maximum Gasteiger partial charge on any atom is 0.203 e. The molecule has 9 nitrogen and oxygen atoms in total. The Morgan fingerprint density at radius 1 is 0.971 bits per heavy atom. The molecule has 0 spiro atoms. The molecule has 0 bridgehead atoms. The summed E-state index contributed by atoms with van der Waals surface area (Å²) in [5.41, 5.74) is 1.35. The van der Waals surface area contributed by atoms with Crippen LogP contribution in [0.25, 0.3) is 0 Å². The quantitative estimate of drug-likeness (QED) is 0.463. The average molecular weight is 511 g/mol. The molecule has 0 unspecified atom stereocenters. The molecule has 0 saturated carbocycles. The fourth-order valence-corrected chi connectivity index (χ4v) is 5.77. The molecular weight excluding hydrogens is 476 g/mol. The second kappa shape index (κ2) is 11.4. The van der Waals surface area contributed by atoms with E-state index < -0.39 is 27.8 Å². The van der Waals surface area contributed by atoms with Crippen LogP contribution in [0.4, 0.5) is 0 Å². The summed E-state index contributed by atoms with van der Waals surface area (Å²) in [7, 11) is 0.692. The molecule has 0 radical (unpaired) electrons. The summed E-state index contributed by atoms with van der Waals surface area (Å²) in [6, 6.07) is 6.61. The number of hydrogen-bond acceptors (Lipinski definition) is 9. The first-order chi connectivity index (χ1) is 16.6. The maximum atomic E-state index is 13.0. The van der Waals surface area contributed by atoms with Crippen molar-refractivity contribution < 1.29 is 42.3 Å². The number of benzene rings is 2. The van der Waals surface area contributed by atoms with Crippen LogP contribution in [-0.4, -0.2) is 58.4 Å². The largest absolute Gasteiger partial charge is 0.504 e. The minimum absolute atomic E-state index is 0.101. The van der Waals surface area contributed by atoms with Crippen molar-refractivity contribution in [1.29, 1.82) is 0 Å². The van der Waals surface area contributed by atoms with E-state index in [1.807, 2.05) is 19.1 Å². The topological polar surface area (TPSA) is 121 Å². The summed E-state index contributed by atoms with van der Waals surface area (Å²) in [5.74, 6) is 0.632. The van der Waals surface area contributed by atoms with Crippen LogP contribution in [0, 0.1) is 0 Å². The van der Waals surface area contributed by atoms with Gasteiger partial charge in [0.1, 0.15) is 4.90 Å². The van der Waals surface area contributed by atoms with E-state index in [0.29, 0.717) is 42.1 Å². The summed E-state index contributed by atoms with van der Waals surface area (Å²) in [6.07, 6.45) is 0.0750. The van der Waals surface area contributed by atoms with Crippen molar-refractivity contribution in [3.63, 3.8) is 0 Å². The third kappa shape index (κ3) is 5.94. The summed E-state index contributed by atoms with van der Waals surface area (Å²) in [6.45, 7) is 3.52. The molecule has 3 rings (SSSR count). The molecule has 2 N–H and O–H groups in total. The molecule has 1 saturated heterocycles. The average Bonchev–Trinajstić information content (AvgIpc) is 3.31. The number of phenolic OH excluding ortho intramolecular Hbond substituents is 1. The molecule has 1 fully saturated rings. The lowest BCUT2D eigenvalue weighted by molar-refractivity contribution is 0.0435. The Morgan fingerprint density at radius 2 is 1.54 bits per heavy atom. The smallest absolute Gasteiger partial charge is 0.203 e. The molecule has 0 aliphatic carbocycles. The lowest BCUT2D eigenvalue weighted by Gasteiger charge is -2.20. The van der Waals surface area contributed by atoms with Gasteiger partial charge in [-0.2, -0.15) is 0 Å². The van der Waals surface area contributed by atoms with Gasteiger partial charge >= 0.3 is 0 Å². The Balaban J connectivity index is 1.96. The number of aliphatic hydroxyl groups is 1. The van der Waals surface area contributed by atoms with Crippen molar-refractivity contribution in [3.8, 4) is 28.7 Å². The summed E-state index contributed by atoms with van der Waals surface area (Å²) in [4.78, 5) is -0.151. The van der Waals surface area contributed by atoms with Gasteiger partial charge in [0.25, 0.3) is 0 Å². The van der Waals surface area contributed by atoms with Crippen molar-refractivity contribution in [2.45, 2.75) is 56.3 Å². The Kier molecular flexibility index (Phi) is 8.74. The molecule has 0 aromatic heterocycles. The normalized spacial score (nSPS) is 18.8. The second-order valence-electron chi connectivity index (χ2n) is 8.50. The third-order valence-electron chi connectivity index (χ3n) is 5.75. The first-order valence-electron chi connectivity index (χ1n) is 11.5. The van der Waals surface area contributed by atoms with Crippen LogP contribution >= 0.6 is 0 Å². The molecule has 2 aromatic rings. The number of aliphatic hydroxyl groups excluding tert-OH is 1. The molecule has 2 aromatic carbocycles. The van der Waals surface area contributed by atoms with Crippen LogP contribution in [0.15, 0.2) is 29.2 Å². The highest BCUT2D eigenvalue weighted by Crippen LogP contribution is 2.47. The van der Waals surface area contributed by atoms with E-state index in [1.165, 1.54) is 26.2 Å². The summed E-state index contributed by atoms with van der Waals surface area (Å²) in [5, 5.41) is 20.4. The van der Waals surface area contributed by atoms with Crippen LogP contribution in [0.2, 0.25) is 0 Å². The number of hydrogen-bond donors (Lipinski definition) is 2. The van der Waals surface area contributed by atoms with E-state index in [2.05, 4.69) is 0 Å². The van der Waals surface area contributed by atoms with E-state index in [-0.39, 0.29) is 29.1 Å². The van der Waals surface area contributed by atoms with Crippen molar-refractivity contribution >= 4 is 9.84 Å². The molecule has 1 heterocycles. The van der Waals surface area contributed by atoms with Gasteiger partial charge in [0, 0.05) is 0 Å². The first-order valence-corrected chi connectivity index (χ1v) is 13.2. The van der Waals surface area contributed by atoms with Crippen molar-refractivity contribution in [2.24, 2.45) is 0 Å². The first kappa shape index (κ1) is 26.9. The van der Waals surface area contributed by atoms with Gasteiger partial charge < -0.3 is 33.9 Å². The van der Waals surface area contributed by atoms with Crippen molar-refractivity contribution in [2.75, 3.05) is 33.7 Å². The zero-order valence-corrected chi connectivity index (χ0v) is 21.6. The van der Waals surface area contributed by atoms with Crippen LogP contribution in [-0.2, 0) is 14.6 Å². The molecule has 0 amide bonds. The predicted octanol–water partition coefficient (Wildman–Crippen LogP) is 3.95. The van der Waals surface area contributed by atoms with Gasteiger partial charge in [-0.3, -0.25) is 0 Å². The zero-order valence-electron chi connectivity index (χ0n) is 20.7. The number of ether oxygens (including phenoxy) is 5. The van der Waals surface area contributed by atoms with E-state index in [0.717, 1.165) is 5.56 Å². The Morgan fingerprint density at radius 3 is 2.03 bits per heavy atom. The predicted molar refractivity (Wildman–Crippen MR) is 130 cm³/mol. The van der Waals surface area contributed by atoms with E-state index in [1.54, 1.807) is 14.2 Å².